The highest BCUT2D eigenvalue weighted by atomic mass is 32.2. The van der Waals surface area contributed by atoms with Crippen molar-refractivity contribution in [3.05, 3.63) is 24.4 Å². The van der Waals surface area contributed by atoms with E-state index in [2.05, 4.69) is 17.0 Å². The molecule has 0 saturated carbocycles. The highest BCUT2D eigenvalue weighted by Crippen LogP contribution is 2.33. The lowest BCUT2D eigenvalue weighted by Gasteiger charge is -2.34. The SMILES string of the molecule is CN1CCC(N(C)S(=O)(=O)c2ccc(-c3ccnn3C)s2)CC1. The van der Waals surface area contributed by atoms with Crippen LogP contribution in [-0.2, 0) is 17.1 Å². The molecule has 1 fully saturated rings. The van der Waals surface area contributed by atoms with Crippen molar-refractivity contribution in [1.82, 2.24) is 19.0 Å². The molecule has 126 valence electrons. The Morgan fingerprint density at radius 2 is 1.91 bits per heavy atom. The summed E-state index contributed by atoms with van der Waals surface area (Å²) in [6, 6.07) is 5.53. The van der Waals surface area contributed by atoms with Gasteiger partial charge in [-0.2, -0.15) is 9.40 Å². The van der Waals surface area contributed by atoms with Crippen LogP contribution in [0.4, 0.5) is 0 Å². The lowest BCUT2D eigenvalue weighted by Crippen LogP contribution is -2.44. The number of sulfonamides is 1. The highest BCUT2D eigenvalue weighted by Gasteiger charge is 2.31. The van der Waals surface area contributed by atoms with Crippen LogP contribution < -0.4 is 0 Å². The van der Waals surface area contributed by atoms with Gasteiger partial charge in [0.1, 0.15) is 4.21 Å². The molecule has 0 N–H and O–H groups in total. The van der Waals surface area contributed by atoms with E-state index in [9.17, 15) is 8.42 Å². The number of nitrogens with zero attached hydrogens (tertiary/aromatic N) is 4. The van der Waals surface area contributed by atoms with E-state index in [1.165, 1.54) is 11.3 Å². The van der Waals surface area contributed by atoms with Crippen LogP contribution in [-0.4, -0.2) is 60.6 Å². The molecule has 3 rings (SSSR count). The minimum atomic E-state index is -3.44. The molecule has 1 saturated heterocycles. The molecule has 0 bridgehead atoms. The first-order valence-corrected chi connectivity index (χ1v) is 9.90. The Balaban J connectivity index is 1.83. The summed E-state index contributed by atoms with van der Waals surface area (Å²) in [5.74, 6) is 0. The molecule has 23 heavy (non-hydrogen) atoms. The van der Waals surface area contributed by atoms with Crippen LogP contribution in [0.2, 0.25) is 0 Å². The quantitative estimate of drug-likeness (QED) is 0.841. The molecule has 0 atom stereocenters. The second-order valence-corrected chi connectivity index (χ2v) is 9.32. The summed E-state index contributed by atoms with van der Waals surface area (Å²) in [6.07, 6.45) is 3.48. The van der Waals surface area contributed by atoms with Crippen LogP contribution in [0.5, 0.6) is 0 Å². The summed E-state index contributed by atoms with van der Waals surface area (Å²) in [5, 5.41) is 4.14. The third-order valence-corrected chi connectivity index (χ3v) is 7.98. The molecule has 0 unspecified atom stereocenters. The van der Waals surface area contributed by atoms with Crippen molar-refractivity contribution < 1.29 is 8.42 Å². The number of aromatic nitrogens is 2. The fourth-order valence-corrected chi connectivity index (χ4v) is 5.87. The predicted octanol–water partition coefficient (Wildman–Crippen LogP) is 1.86. The van der Waals surface area contributed by atoms with Crippen LogP contribution in [0.1, 0.15) is 12.8 Å². The molecule has 2 aromatic heterocycles. The van der Waals surface area contributed by atoms with Crippen molar-refractivity contribution in [2.45, 2.75) is 23.1 Å². The first-order chi connectivity index (χ1) is 10.9. The Kier molecular flexibility index (Phi) is 4.59. The summed E-state index contributed by atoms with van der Waals surface area (Å²) in [6.45, 7) is 1.88. The molecular weight excluding hydrogens is 332 g/mol. The number of hydrogen-bond acceptors (Lipinski definition) is 5. The zero-order valence-corrected chi connectivity index (χ0v) is 15.3. The van der Waals surface area contributed by atoms with Gasteiger partial charge in [-0.05, 0) is 51.2 Å². The summed E-state index contributed by atoms with van der Waals surface area (Å²) in [5.41, 5.74) is 0.929. The van der Waals surface area contributed by atoms with E-state index in [-0.39, 0.29) is 6.04 Å². The maximum atomic E-state index is 12.9. The van der Waals surface area contributed by atoms with Gasteiger partial charge in [-0.15, -0.1) is 11.3 Å². The zero-order valence-electron chi connectivity index (χ0n) is 13.6. The van der Waals surface area contributed by atoms with E-state index in [4.69, 9.17) is 0 Å². The minimum Gasteiger partial charge on any atom is -0.306 e. The molecule has 8 heteroatoms. The van der Waals surface area contributed by atoms with Crippen molar-refractivity contribution in [1.29, 1.82) is 0 Å². The summed E-state index contributed by atoms with van der Waals surface area (Å²) in [4.78, 5) is 3.16. The van der Waals surface area contributed by atoms with Crippen LogP contribution >= 0.6 is 11.3 Å². The predicted molar refractivity (Wildman–Crippen MR) is 92.0 cm³/mol. The Morgan fingerprint density at radius 3 is 2.52 bits per heavy atom. The van der Waals surface area contributed by atoms with Gasteiger partial charge in [0.25, 0.3) is 10.0 Å². The maximum absolute atomic E-state index is 12.9. The van der Waals surface area contributed by atoms with Gasteiger partial charge in [-0.25, -0.2) is 8.42 Å². The largest absolute Gasteiger partial charge is 0.306 e. The first-order valence-electron chi connectivity index (χ1n) is 7.64. The molecule has 1 aliphatic rings. The third kappa shape index (κ3) is 3.21. The molecule has 0 amide bonds. The maximum Gasteiger partial charge on any atom is 0.252 e. The average Bonchev–Trinajstić information content (AvgIpc) is 3.16. The van der Waals surface area contributed by atoms with Gasteiger partial charge in [-0.1, -0.05) is 0 Å². The molecule has 6 nitrogen and oxygen atoms in total. The average molecular weight is 355 g/mol. The van der Waals surface area contributed by atoms with Crippen molar-refractivity contribution in [3.8, 4) is 10.6 Å². The standard InChI is InChI=1S/C15H22N4O2S2/c1-17-10-7-12(8-11-17)19(3)23(20,21)15-5-4-14(22-15)13-6-9-16-18(13)2/h4-6,9,12H,7-8,10-11H2,1-3H3. The lowest BCUT2D eigenvalue weighted by molar-refractivity contribution is 0.198. The van der Waals surface area contributed by atoms with Crippen molar-refractivity contribution in [2.75, 3.05) is 27.2 Å². The Hall–Kier alpha value is -1.22. The van der Waals surface area contributed by atoms with Crippen LogP contribution in [0.15, 0.2) is 28.6 Å². The fourth-order valence-electron chi connectivity index (χ4n) is 2.91. The van der Waals surface area contributed by atoms with Gasteiger partial charge < -0.3 is 4.90 Å². The number of likely N-dealkylation sites (tertiary alicyclic amines) is 1. The van der Waals surface area contributed by atoms with E-state index in [0.717, 1.165) is 36.5 Å². The molecule has 1 aliphatic heterocycles. The summed E-state index contributed by atoms with van der Waals surface area (Å²) >= 11 is 1.30. The van der Waals surface area contributed by atoms with E-state index < -0.39 is 10.0 Å². The first kappa shape index (κ1) is 16.6. The molecule has 3 heterocycles. The number of hydrogen-bond donors (Lipinski definition) is 0. The van der Waals surface area contributed by atoms with E-state index in [1.54, 1.807) is 28.3 Å². The van der Waals surface area contributed by atoms with Crippen molar-refractivity contribution in [2.24, 2.45) is 7.05 Å². The number of rotatable bonds is 4. The second-order valence-electron chi connectivity index (χ2n) is 6.01. The molecule has 0 aromatic carbocycles. The molecule has 0 aliphatic carbocycles. The summed E-state index contributed by atoms with van der Waals surface area (Å²) < 4.78 is 29.5. The van der Waals surface area contributed by atoms with Crippen LogP contribution in [0, 0.1) is 0 Å². The van der Waals surface area contributed by atoms with Gasteiger partial charge in [-0.3, -0.25) is 4.68 Å². The fraction of sp³-hybridized carbons (Fsp3) is 0.533. The molecule has 0 radical (unpaired) electrons. The topological polar surface area (TPSA) is 58.4 Å². The van der Waals surface area contributed by atoms with Crippen LogP contribution in [0.3, 0.4) is 0 Å². The Labute approximate surface area is 141 Å². The number of thiophene rings is 1. The van der Waals surface area contributed by atoms with Gasteiger partial charge in [0.05, 0.1) is 10.6 Å². The van der Waals surface area contributed by atoms with E-state index >= 15 is 0 Å². The highest BCUT2D eigenvalue weighted by molar-refractivity contribution is 7.91. The smallest absolute Gasteiger partial charge is 0.252 e. The second kappa shape index (κ2) is 6.35. The monoisotopic (exact) mass is 354 g/mol. The zero-order chi connectivity index (χ0) is 16.6. The van der Waals surface area contributed by atoms with Crippen molar-refractivity contribution >= 4 is 21.4 Å². The third-order valence-electron chi connectivity index (χ3n) is 4.49. The van der Waals surface area contributed by atoms with E-state index in [1.807, 2.05) is 19.2 Å². The van der Waals surface area contributed by atoms with Gasteiger partial charge in [0.15, 0.2) is 0 Å². The van der Waals surface area contributed by atoms with Crippen LogP contribution in [0.25, 0.3) is 10.6 Å². The van der Waals surface area contributed by atoms with Gasteiger partial charge in [0, 0.05) is 26.3 Å². The summed E-state index contributed by atoms with van der Waals surface area (Å²) in [7, 11) is 2.20. The lowest BCUT2D eigenvalue weighted by atomic mass is 10.1. The molecule has 0 spiro atoms. The Morgan fingerprint density at radius 1 is 1.22 bits per heavy atom. The number of aryl methyl sites for hydroxylation is 1. The minimum absolute atomic E-state index is 0.0819. The van der Waals surface area contributed by atoms with Gasteiger partial charge >= 0.3 is 0 Å². The van der Waals surface area contributed by atoms with E-state index in [0.29, 0.717) is 4.21 Å². The van der Waals surface area contributed by atoms with Crippen molar-refractivity contribution in [3.63, 3.8) is 0 Å². The normalized spacial score (nSPS) is 17.9. The molecule has 2 aromatic rings. The Bertz CT molecular complexity index is 773. The molecular formula is C15H22N4O2S2. The number of piperidine rings is 1. The van der Waals surface area contributed by atoms with Gasteiger partial charge in [0.2, 0.25) is 0 Å².